The maximum absolute atomic E-state index is 9.72. The highest BCUT2D eigenvalue weighted by molar-refractivity contribution is 5.40. The van der Waals surface area contributed by atoms with Crippen LogP contribution in [0.1, 0.15) is 20.8 Å². The minimum atomic E-state index is -0.206. The van der Waals surface area contributed by atoms with Crippen molar-refractivity contribution in [2.24, 2.45) is 5.92 Å². The molecular weight excluding hydrogens is 152 g/mol. The number of rotatable bonds is 1. The molecule has 0 radical (unpaired) electrons. The van der Waals surface area contributed by atoms with Gasteiger partial charge in [-0.25, -0.2) is 0 Å². The molecule has 2 aliphatic rings. The summed E-state index contributed by atoms with van der Waals surface area (Å²) in [6, 6.07) is 0. The molecule has 0 bridgehead atoms. The fourth-order valence-corrected chi connectivity index (χ4v) is 1.65. The van der Waals surface area contributed by atoms with E-state index in [2.05, 4.69) is 13.8 Å². The maximum atomic E-state index is 9.72. The average molecular weight is 166 g/mol. The maximum Gasteiger partial charge on any atom is 0.148 e. The largest absolute Gasteiger partial charge is 0.509 e. The minimum Gasteiger partial charge on any atom is -0.509 e. The molecule has 1 heterocycles. The van der Waals surface area contributed by atoms with Crippen molar-refractivity contribution >= 4 is 0 Å². The zero-order valence-electron chi connectivity index (χ0n) is 7.66. The summed E-state index contributed by atoms with van der Waals surface area (Å²) in [5, 5.41) is 9.72. The molecule has 12 heavy (non-hydrogen) atoms. The standard InChI is InChI=1S/C10H14O2/c1-6(2)7-4-5-10(3)9(12-10)8(7)11/h4-6,9,11H,1-3H3. The van der Waals surface area contributed by atoms with Crippen LogP contribution < -0.4 is 0 Å². The SMILES string of the molecule is CC(C)C1=C(O)C2OC2(C)C=C1. The number of aliphatic hydroxyl groups excluding tert-OH is 1. The smallest absolute Gasteiger partial charge is 0.148 e. The summed E-state index contributed by atoms with van der Waals surface area (Å²) in [6.45, 7) is 6.13. The molecule has 1 aliphatic heterocycles. The van der Waals surface area contributed by atoms with Crippen LogP contribution in [-0.2, 0) is 4.74 Å². The van der Waals surface area contributed by atoms with Crippen LogP contribution in [0.3, 0.4) is 0 Å². The lowest BCUT2D eigenvalue weighted by atomic mass is 9.91. The number of hydrogen-bond acceptors (Lipinski definition) is 2. The van der Waals surface area contributed by atoms with E-state index in [4.69, 9.17) is 4.74 Å². The van der Waals surface area contributed by atoms with Crippen LogP contribution in [0.25, 0.3) is 0 Å². The van der Waals surface area contributed by atoms with E-state index in [0.717, 1.165) is 5.57 Å². The second-order valence-electron chi connectivity index (χ2n) is 4.01. The summed E-state index contributed by atoms with van der Waals surface area (Å²) in [7, 11) is 0. The lowest BCUT2D eigenvalue weighted by Crippen LogP contribution is -2.15. The van der Waals surface area contributed by atoms with E-state index < -0.39 is 0 Å². The van der Waals surface area contributed by atoms with Gasteiger partial charge in [-0.05, 0) is 24.5 Å². The molecule has 0 spiro atoms. The van der Waals surface area contributed by atoms with E-state index >= 15 is 0 Å². The number of ether oxygens (including phenoxy) is 1. The van der Waals surface area contributed by atoms with Crippen molar-refractivity contribution < 1.29 is 9.84 Å². The van der Waals surface area contributed by atoms with E-state index in [1.54, 1.807) is 0 Å². The lowest BCUT2D eigenvalue weighted by Gasteiger charge is -2.13. The molecule has 1 N–H and O–H groups in total. The Hall–Kier alpha value is -0.760. The summed E-state index contributed by atoms with van der Waals surface area (Å²) in [5.74, 6) is 0.796. The van der Waals surface area contributed by atoms with Gasteiger partial charge in [0.2, 0.25) is 0 Å². The third kappa shape index (κ3) is 0.911. The summed E-state index contributed by atoms with van der Waals surface area (Å²) in [6.07, 6.45) is 3.94. The van der Waals surface area contributed by atoms with E-state index in [1.165, 1.54) is 0 Å². The Labute approximate surface area is 72.5 Å². The van der Waals surface area contributed by atoms with Gasteiger partial charge in [-0.2, -0.15) is 0 Å². The highest BCUT2D eigenvalue weighted by Crippen LogP contribution is 2.46. The summed E-state index contributed by atoms with van der Waals surface area (Å²) >= 11 is 0. The van der Waals surface area contributed by atoms with Gasteiger partial charge in [0.05, 0.1) is 0 Å². The van der Waals surface area contributed by atoms with Gasteiger partial charge in [0.15, 0.2) is 0 Å². The molecule has 66 valence electrons. The monoisotopic (exact) mass is 166 g/mol. The highest BCUT2D eigenvalue weighted by Gasteiger charge is 2.55. The van der Waals surface area contributed by atoms with Crippen LogP contribution in [0.15, 0.2) is 23.5 Å². The fourth-order valence-electron chi connectivity index (χ4n) is 1.65. The Bertz CT molecular complexity index is 276. The lowest BCUT2D eigenvalue weighted by molar-refractivity contribution is 0.305. The first kappa shape index (κ1) is 7.87. The Balaban J connectivity index is 2.32. The van der Waals surface area contributed by atoms with Crippen molar-refractivity contribution in [2.75, 3.05) is 0 Å². The number of allylic oxidation sites excluding steroid dienone is 2. The molecule has 1 aliphatic carbocycles. The molecule has 2 heteroatoms. The normalized spacial score (nSPS) is 38.8. The fraction of sp³-hybridized carbons (Fsp3) is 0.600. The van der Waals surface area contributed by atoms with Crippen molar-refractivity contribution in [3.63, 3.8) is 0 Å². The molecule has 2 nitrogen and oxygen atoms in total. The zero-order chi connectivity index (χ0) is 8.93. The van der Waals surface area contributed by atoms with Gasteiger partial charge in [0, 0.05) is 0 Å². The highest BCUT2D eigenvalue weighted by atomic mass is 16.6. The van der Waals surface area contributed by atoms with Gasteiger partial charge in [0.25, 0.3) is 0 Å². The molecule has 0 amide bonds. The van der Waals surface area contributed by atoms with Crippen LogP contribution in [0.4, 0.5) is 0 Å². The van der Waals surface area contributed by atoms with Crippen molar-refractivity contribution in [3.8, 4) is 0 Å². The van der Waals surface area contributed by atoms with Crippen LogP contribution in [-0.4, -0.2) is 16.8 Å². The Morgan fingerprint density at radius 2 is 2.25 bits per heavy atom. The van der Waals surface area contributed by atoms with Crippen molar-refractivity contribution in [1.29, 1.82) is 0 Å². The predicted octanol–water partition coefficient (Wildman–Crippen LogP) is 2.18. The summed E-state index contributed by atoms with van der Waals surface area (Å²) in [5.41, 5.74) is 0.803. The topological polar surface area (TPSA) is 32.8 Å². The number of aliphatic hydroxyl groups is 1. The Morgan fingerprint density at radius 3 is 2.83 bits per heavy atom. The third-order valence-electron chi connectivity index (χ3n) is 2.60. The first-order valence-electron chi connectivity index (χ1n) is 4.34. The number of epoxide rings is 1. The molecule has 0 aromatic heterocycles. The molecule has 2 unspecified atom stereocenters. The second kappa shape index (κ2) is 2.13. The molecule has 1 fully saturated rings. The Morgan fingerprint density at radius 1 is 1.58 bits per heavy atom. The summed E-state index contributed by atoms with van der Waals surface area (Å²) < 4.78 is 5.36. The van der Waals surface area contributed by atoms with Gasteiger partial charge >= 0.3 is 0 Å². The molecule has 2 atom stereocenters. The van der Waals surface area contributed by atoms with Gasteiger partial charge in [-0.1, -0.05) is 19.9 Å². The minimum absolute atomic E-state index is 0.0695. The van der Waals surface area contributed by atoms with Crippen molar-refractivity contribution in [3.05, 3.63) is 23.5 Å². The van der Waals surface area contributed by atoms with Gasteiger partial charge in [-0.15, -0.1) is 0 Å². The van der Waals surface area contributed by atoms with Crippen LogP contribution >= 0.6 is 0 Å². The van der Waals surface area contributed by atoms with E-state index in [1.807, 2.05) is 19.1 Å². The zero-order valence-corrected chi connectivity index (χ0v) is 7.66. The average Bonchev–Trinajstić information content (AvgIpc) is 2.62. The Kier molecular flexibility index (Phi) is 1.40. The molecule has 0 saturated carbocycles. The van der Waals surface area contributed by atoms with Crippen LogP contribution in [0, 0.1) is 5.92 Å². The summed E-state index contributed by atoms with van der Waals surface area (Å²) in [4.78, 5) is 0. The first-order chi connectivity index (χ1) is 5.54. The van der Waals surface area contributed by atoms with Crippen LogP contribution in [0.2, 0.25) is 0 Å². The first-order valence-corrected chi connectivity index (χ1v) is 4.34. The number of hydrogen-bond donors (Lipinski definition) is 1. The molecule has 0 aromatic carbocycles. The number of fused-ring (bicyclic) bond motifs is 1. The molecular formula is C10H14O2. The van der Waals surface area contributed by atoms with Crippen molar-refractivity contribution in [2.45, 2.75) is 32.5 Å². The van der Waals surface area contributed by atoms with E-state index in [0.29, 0.717) is 11.7 Å². The van der Waals surface area contributed by atoms with Crippen LogP contribution in [0.5, 0.6) is 0 Å². The molecule has 0 aromatic rings. The van der Waals surface area contributed by atoms with Crippen molar-refractivity contribution in [1.82, 2.24) is 0 Å². The third-order valence-corrected chi connectivity index (χ3v) is 2.60. The second-order valence-corrected chi connectivity index (χ2v) is 4.01. The van der Waals surface area contributed by atoms with Gasteiger partial charge in [-0.3, -0.25) is 0 Å². The van der Waals surface area contributed by atoms with Gasteiger partial charge < -0.3 is 9.84 Å². The van der Waals surface area contributed by atoms with E-state index in [-0.39, 0.29) is 11.7 Å². The molecule has 2 rings (SSSR count). The quantitative estimate of drug-likeness (QED) is 0.605. The van der Waals surface area contributed by atoms with Gasteiger partial charge in [0.1, 0.15) is 17.5 Å². The predicted molar refractivity (Wildman–Crippen MR) is 46.9 cm³/mol. The molecule has 1 saturated heterocycles. The van der Waals surface area contributed by atoms with E-state index in [9.17, 15) is 5.11 Å².